The van der Waals surface area contributed by atoms with Gasteiger partial charge in [0.1, 0.15) is 17.5 Å². The van der Waals surface area contributed by atoms with Gasteiger partial charge in [-0.3, -0.25) is 4.98 Å². The second-order valence-corrected chi connectivity index (χ2v) is 6.28. The molecule has 5 rings (SSSR count). The number of aromatic amines is 1. The first-order chi connectivity index (χ1) is 13.7. The van der Waals surface area contributed by atoms with E-state index in [1.165, 1.54) is 0 Å². The first kappa shape index (κ1) is 15.9. The Morgan fingerprint density at radius 3 is 2.64 bits per heavy atom. The van der Waals surface area contributed by atoms with Gasteiger partial charge in [0.15, 0.2) is 17.3 Å². The van der Waals surface area contributed by atoms with Crippen LogP contribution in [0, 0.1) is 11.3 Å². The Bertz CT molecular complexity index is 1360. The first-order valence-corrected chi connectivity index (χ1v) is 8.61. The summed E-state index contributed by atoms with van der Waals surface area (Å²) in [5.74, 6) is 0.621. The van der Waals surface area contributed by atoms with Gasteiger partial charge in [-0.25, -0.2) is 15.0 Å². The van der Waals surface area contributed by atoms with Gasteiger partial charge in [-0.2, -0.15) is 5.26 Å². The summed E-state index contributed by atoms with van der Waals surface area (Å²) in [5, 5.41) is 10.3. The molecule has 28 heavy (non-hydrogen) atoms. The van der Waals surface area contributed by atoms with Crippen LogP contribution in [0.5, 0.6) is 0 Å². The molecule has 0 radical (unpaired) electrons. The summed E-state index contributed by atoms with van der Waals surface area (Å²) in [5.41, 5.74) is 10.5. The lowest BCUT2D eigenvalue weighted by molar-refractivity contribution is 1.15. The highest BCUT2D eigenvalue weighted by Crippen LogP contribution is 2.31. The van der Waals surface area contributed by atoms with Crippen LogP contribution < -0.4 is 5.73 Å². The van der Waals surface area contributed by atoms with Crippen molar-refractivity contribution in [2.45, 2.75) is 0 Å². The summed E-state index contributed by atoms with van der Waals surface area (Å²) >= 11 is 0. The van der Waals surface area contributed by atoms with Crippen molar-refractivity contribution in [3.63, 3.8) is 0 Å². The summed E-state index contributed by atoms with van der Waals surface area (Å²) in [6, 6.07) is 19.3. The molecule has 0 atom stereocenters. The fourth-order valence-corrected chi connectivity index (χ4v) is 3.18. The lowest BCUT2D eigenvalue weighted by Gasteiger charge is -2.09. The van der Waals surface area contributed by atoms with Crippen LogP contribution in [0.25, 0.3) is 44.7 Å². The number of benzene rings is 2. The minimum Gasteiger partial charge on any atom is -0.381 e. The topological polar surface area (TPSA) is 117 Å². The number of pyridine rings is 1. The summed E-state index contributed by atoms with van der Waals surface area (Å²) in [6.45, 7) is 0. The molecule has 3 heterocycles. The van der Waals surface area contributed by atoms with E-state index >= 15 is 0 Å². The molecule has 0 unspecified atom stereocenters. The normalized spacial score (nSPS) is 11.0. The smallest absolute Gasteiger partial charge is 0.183 e. The predicted molar refractivity (Wildman–Crippen MR) is 107 cm³/mol. The molecule has 0 spiro atoms. The molecule has 0 aliphatic carbocycles. The third-order valence-corrected chi connectivity index (χ3v) is 4.52. The second kappa shape index (κ2) is 6.14. The van der Waals surface area contributed by atoms with Crippen LogP contribution in [0.2, 0.25) is 0 Å². The molecule has 5 aromatic rings. The van der Waals surface area contributed by atoms with E-state index < -0.39 is 0 Å². The minimum absolute atomic E-state index is 0.0733. The number of nitriles is 1. The third-order valence-electron chi connectivity index (χ3n) is 4.52. The highest BCUT2D eigenvalue weighted by molar-refractivity contribution is 5.88. The molecular formula is C21H13N7. The van der Waals surface area contributed by atoms with E-state index in [1.807, 2.05) is 60.7 Å². The van der Waals surface area contributed by atoms with Crippen molar-refractivity contribution in [3.8, 4) is 28.8 Å². The SMILES string of the molecule is N#Cc1nc(-c2ccc3ncccc3c2)c(-c2nc3ccccc3[nH]2)nc1N. The molecule has 3 N–H and O–H groups in total. The van der Waals surface area contributed by atoms with Crippen LogP contribution in [0.3, 0.4) is 0 Å². The molecule has 132 valence electrons. The van der Waals surface area contributed by atoms with Crippen molar-refractivity contribution in [2.75, 3.05) is 5.73 Å². The van der Waals surface area contributed by atoms with Crippen molar-refractivity contribution in [1.82, 2.24) is 24.9 Å². The maximum absolute atomic E-state index is 9.37. The number of hydrogen-bond acceptors (Lipinski definition) is 6. The van der Waals surface area contributed by atoms with E-state index in [2.05, 4.69) is 24.9 Å². The monoisotopic (exact) mass is 363 g/mol. The standard InChI is InChI=1S/C21H13N7/c22-11-17-20(23)28-19(21-26-15-5-1-2-6-16(15)27-21)18(25-17)13-7-8-14-12(10-13)4-3-9-24-14/h1-10H,(H2,23,28)(H,26,27). The highest BCUT2D eigenvalue weighted by Gasteiger charge is 2.18. The number of aromatic nitrogens is 5. The molecule has 0 bridgehead atoms. The van der Waals surface area contributed by atoms with E-state index in [-0.39, 0.29) is 11.5 Å². The molecule has 2 aromatic carbocycles. The Kier molecular flexibility index (Phi) is 3.49. The van der Waals surface area contributed by atoms with Crippen LogP contribution >= 0.6 is 0 Å². The molecule has 0 aliphatic heterocycles. The van der Waals surface area contributed by atoms with E-state index in [0.29, 0.717) is 17.2 Å². The van der Waals surface area contributed by atoms with Gasteiger partial charge in [0.2, 0.25) is 0 Å². The Balaban J connectivity index is 1.78. The molecule has 0 saturated heterocycles. The summed E-state index contributed by atoms with van der Waals surface area (Å²) in [6.07, 6.45) is 1.75. The third kappa shape index (κ3) is 2.52. The quantitative estimate of drug-likeness (QED) is 0.494. The van der Waals surface area contributed by atoms with Crippen molar-refractivity contribution < 1.29 is 0 Å². The van der Waals surface area contributed by atoms with Crippen LogP contribution in [-0.4, -0.2) is 24.9 Å². The number of nitrogens with two attached hydrogens (primary N) is 1. The summed E-state index contributed by atoms with van der Waals surface area (Å²) in [7, 11) is 0. The number of H-pyrrole nitrogens is 1. The van der Waals surface area contributed by atoms with Crippen molar-refractivity contribution in [1.29, 1.82) is 5.26 Å². The number of nitrogens with zero attached hydrogens (tertiary/aromatic N) is 5. The number of nitrogens with one attached hydrogen (secondary N) is 1. The summed E-state index contributed by atoms with van der Waals surface area (Å²) in [4.78, 5) is 21.2. The first-order valence-electron chi connectivity index (χ1n) is 8.61. The zero-order valence-corrected chi connectivity index (χ0v) is 14.6. The largest absolute Gasteiger partial charge is 0.381 e. The number of hydrogen-bond donors (Lipinski definition) is 2. The van der Waals surface area contributed by atoms with Gasteiger partial charge in [0.05, 0.1) is 16.6 Å². The lowest BCUT2D eigenvalue weighted by Crippen LogP contribution is -2.03. The van der Waals surface area contributed by atoms with Crippen LogP contribution in [-0.2, 0) is 0 Å². The molecule has 0 amide bonds. The van der Waals surface area contributed by atoms with Crippen LogP contribution in [0.15, 0.2) is 60.8 Å². The van der Waals surface area contributed by atoms with Gasteiger partial charge < -0.3 is 10.7 Å². The maximum Gasteiger partial charge on any atom is 0.183 e. The molecule has 0 fully saturated rings. The fraction of sp³-hybridized carbons (Fsp3) is 0. The average Bonchev–Trinajstić information content (AvgIpc) is 3.17. The predicted octanol–water partition coefficient (Wildman–Crippen LogP) is 3.69. The summed E-state index contributed by atoms with van der Waals surface area (Å²) < 4.78 is 0. The second-order valence-electron chi connectivity index (χ2n) is 6.28. The highest BCUT2D eigenvalue weighted by atomic mass is 15.0. The van der Waals surface area contributed by atoms with E-state index in [4.69, 9.17) is 5.73 Å². The Labute approximate surface area is 159 Å². The van der Waals surface area contributed by atoms with Crippen molar-refractivity contribution in [2.24, 2.45) is 0 Å². The number of anilines is 1. The van der Waals surface area contributed by atoms with Gasteiger partial charge in [0, 0.05) is 17.1 Å². The van der Waals surface area contributed by atoms with Crippen LogP contribution in [0.1, 0.15) is 5.69 Å². The number of imidazole rings is 1. The average molecular weight is 363 g/mol. The number of nitrogen functional groups attached to an aromatic ring is 1. The van der Waals surface area contributed by atoms with Gasteiger partial charge >= 0.3 is 0 Å². The van der Waals surface area contributed by atoms with E-state index in [9.17, 15) is 5.26 Å². The van der Waals surface area contributed by atoms with E-state index in [0.717, 1.165) is 27.5 Å². The molecular weight excluding hydrogens is 350 g/mol. The maximum atomic E-state index is 9.37. The van der Waals surface area contributed by atoms with E-state index in [1.54, 1.807) is 6.20 Å². The van der Waals surface area contributed by atoms with Gasteiger partial charge in [-0.15, -0.1) is 0 Å². The van der Waals surface area contributed by atoms with Crippen LogP contribution in [0.4, 0.5) is 5.82 Å². The van der Waals surface area contributed by atoms with Gasteiger partial charge in [0.25, 0.3) is 0 Å². The zero-order chi connectivity index (χ0) is 19.1. The van der Waals surface area contributed by atoms with Crippen molar-refractivity contribution in [3.05, 3.63) is 66.5 Å². The fourth-order valence-electron chi connectivity index (χ4n) is 3.18. The lowest BCUT2D eigenvalue weighted by atomic mass is 10.1. The van der Waals surface area contributed by atoms with Gasteiger partial charge in [-0.05, 0) is 30.3 Å². The molecule has 0 saturated carbocycles. The molecule has 7 heteroatoms. The number of rotatable bonds is 2. The molecule has 0 aliphatic rings. The Morgan fingerprint density at radius 2 is 1.79 bits per heavy atom. The Morgan fingerprint density at radius 1 is 0.893 bits per heavy atom. The molecule has 3 aromatic heterocycles. The minimum atomic E-state index is 0.0733. The number of para-hydroxylation sites is 2. The van der Waals surface area contributed by atoms with Gasteiger partial charge in [-0.1, -0.05) is 24.3 Å². The number of fused-ring (bicyclic) bond motifs is 2. The van der Waals surface area contributed by atoms with Crippen molar-refractivity contribution >= 4 is 27.8 Å². The Hall–Kier alpha value is -4.31. The zero-order valence-electron chi connectivity index (χ0n) is 14.6. The molecule has 7 nitrogen and oxygen atoms in total.